The maximum Gasteiger partial charge on any atom is 0.246 e. The topological polar surface area (TPSA) is 134 Å². The van der Waals surface area contributed by atoms with Crippen LogP contribution in [0, 0.1) is 5.92 Å². The smallest absolute Gasteiger partial charge is 0.246 e. The summed E-state index contributed by atoms with van der Waals surface area (Å²) in [6.07, 6.45) is 5.49. The lowest BCUT2D eigenvalue weighted by molar-refractivity contribution is -0.142. The molecule has 1 aliphatic heterocycles. The number of hydrogen-bond acceptors (Lipinski definition) is 5. The maximum absolute atomic E-state index is 13.5. The van der Waals surface area contributed by atoms with Crippen LogP contribution in [0.5, 0.6) is 0 Å². The molecule has 0 bridgehead atoms. The summed E-state index contributed by atoms with van der Waals surface area (Å²) in [7, 11) is 1.69. The molecular formula is C20H35N5O4. The first-order valence-corrected chi connectivity index (χ1v) is 10.6. The second-order valence-electron chi connectivity index (χ2n) is 8.16. The van der Waals surface area contributed by atoms with Crippen molar-refractivity contribution in [2.75, 3.05) is 13.6 Å². The van der Waals surface area contributed by atoms with E-state index >= 15 is 0 Å². The minimum atomic E-state index is -0.783. The molecule has 164 valence electrons. The van der Waals surface area contributed by atoms with Crippen LogP contribution >= 0.6 is 0 Å². The van der Waals surface area contributed by atoms with Crippen molar-refractivity contribution in [2.45, 2.75) is 83.0 Å². The number of nitrogens with two attached hydrogens (primary N) is 1. The van der Waals surface area contributed by atoms with Gasteiger partial charge >= 0.3 is 0 Å². The van der Waals surface area contributed by atoms with Gasteiger partial charge < -0.3 is 26.6 Å². The van der Waals surface area contributed by atoms with Gasteiger partial charge in [0.25, 0.3) is 0 Å². The highest BCUT2D eigenvalue weighted by Crippen LogP contribution is 2.29. The lowest BCUT2D eigenvalue weighted by atomic mass is 9.83. The Morgan fingerprint density at radius 1 is 1.14 bits per heavy atom. The Morgan fingerprint density at radius 3 is 2.34 bits per heavy atom. The van der Waals surface area contributed by atoms with Gasteiger partial charge in [-0.15, -0.1) is 0 Å². The van der Waals surface area contributed by atoms with Crippen molar-refractivity contribution in [3.05, 3.63) is 0 Å². The first kappa shape index (κ1) is 23.1. The molecule has 0 aromatic rings. The summed E-state index contributed by atoms with van der Waals surface area (Å²) in [6, 6.07) is -2.23. The molecule has 4 unspecified atom stereocenters. The summed E-state index contributed by atoms with van der Waals surface area (Å²) in [5.41, 5.74) is 5.56. The van der Waals surface area contributed by atoms with E-state index in [1.165, 1.54) is 4.90 Å². The average Bonchev–Trinajstić information content (AvgIpc) is 3.15. The zero-order valence-corrected chi connectivity index (χ0v) is 17.7. The van der Waals surface area contributed by atoms with Gasteiger partial charge in [0.05, 0.1) is 6.04 Å². The predicted molar refractivity (Wildman–Crippen MR) is 109 cm³/mol. The number of primary amides is 1. The summed E-state index contributed by atoms with van der Waals surface area (Å²) in [5.74, 6) is -1.23. The highest BCUT2D eigenvalue weighted by Gasteiger charge is 2.43. The molecule has 9 heteroatoms. The van der Waals surface area contributed by atoms with Gasteiger partial charge in [-0.05, 0) is 39.2 Å². The Bertz CT molecular complexity index is 620. The van der Waals surface area contributed by atoms with Gasteiger partial charge in [-0.25, -0.2) is 0 Å². The molecule has 2 rings (SSSR count). The van der Waals surface area contributed by atoms with Crippen LogP contribution < -0.4 is 21.7 Å². The maximum atomic E-state index is 13.5. The van der Waals surface area contributed by atoms with Crippen molar-refractivity contribution in [3.8, 4) is 0 Å². The van der Waals surface area contributed by atoms with E-state index in [1.807, 2.05) is 0 Å². The summed E-state index contributed by atoms with van der Waals surface area (Å²) in [4.78, 5) is 51.2. The van der Waals surface area contributed by atoms with Gasteiger partial charge in [-0.3, -0.25) is 19.2 Å². The first-order chi connectivity index (χ1) is 13.8. The molecular weight excluding hydrogens is 374 g/mol. The molecule has 0 aromatic carbocycles. The zero-order chi connectivity index (χ0) is 21.6. The van der Waals surface area contributed by atoms with Crippen molar-refractivity contribution >= 4 is 23.6 Å². The van der Waals surface area contributed by atoms with Crippen LogP contribution in [0.4, 0.5) is 0 Å². The molecule has 9 nitrogen and oxygen atoms in total. The molecule has 29 heavy (non-hydrogen) atoms. The fourth-order valence-electron chi connectivity index (χ4n) is 4.22. The predicted octanol–water partition coefficient (Wildman–Crippen LogP) is -0.360. The van der Waals surface area contributed by atoms with Gasteiger partial charge in [0.15, 0.2) is 0 Å². The van der Waals surface area contributed by atoms with E-state index < -0.39 is 24.0 Å². The molecule has 4 atom stereocenters. The SMILES string of the molecule is CCC(=O)NC1CC(C(N)=O)N(C(=O)C(NC(=O)C(C)NC)C2CCCCC2)C1. The molecule has 0 radical (unpaired) electrons. The third-order valence-corrected chi connectivity index (χ3v) is 6.11. The molecule has 2 aliphatic rings. The highest BCUT2D eigenvalue weighted by atomic mass is 16.2. The molecule has 1 aliphatic carbocycles. The van der Waals surface area contributed by atoms with E-state index in [0.29, 0.717) is 12.8 Å². The third kappa shape index (κ3) is 5.91. The molecule has 0 spiro atoms. The van der Waals surface area contributed by atoms with Gasteiger partial charge in [0, 0.05) is 19.0 Å². The minimum Gasteiger partial charge on any atom is -0.368 e. The fourth-order valence-corrected chi connectivity index (χ4v) is 4.22. The van der Waals surface area contributed by atoms with Crippen molar-refractivity contribution in [1.29, 1.82) is 0 Å². The number of hydrogen-bond donors (Lipinski definition) is 4. The molecule has 2 fully saturated rings. The second kappa shape index (κ2) is 10.6. The van der Waals surface area contributed by atoms with Crippen LogP contribution in [0.25, 0.3) is 0 Å². The Hall–Kier alpha value is -2.16. The molecule has 4 amide bonds. The Morgan fingerprint density at radius 2 is 1.79 bits per heavy atom. The van der Waals surface area contributed by atoms with Crippen molar-refractivity contribution in [1.82, 2.24) is 20.9 Å². The number of likely N-dealkylation sites (tertiary alicyclic amines) is 1. The van der Waals surface area contributed by atoms with Gasteiger partial charge in [0.2, 0.25) is 23.6 Å². The van der Waals surface area contributed by atoms with Crippen LogP contribution in [0.2, 0.25) is 0 Å². The lowest BCUT2D eigenvalue weighted by Gasteiger charge is -2.34. The fraction of sp³-hybridized carbons (Fsp3) is 0.800. The van der Waals surface area contributed by atoms with E-state index in [2.05, 4.69) is 16.0 Å². The number of carbonyl (C=O) groups excluding carboxylic acids is 4. The Kier molecular flexibility index (Phi) is 8.43. The van der Waals surface area contributed by atoms with Gasteiger partial charge in [0.1, 0.15) is 12.1 Å². The van der Waals surface area contributed by atoms with Crippen molar-refractivity contribution in [3.63, 3.8) is 0 Å². The highest BCUT2D eigenvalue weighted by molar-refractivity contribution is 5.93. The van der Waals surface area contributed by atoms with E-state index in [1.54, 1.807) is 20.9 Å². The van der Waals surface area contributed by atoms with Crippen LogP contribution in [0.1, 0.15) is 58.8 Å². The number of amides is 4. The van der Waals surface area contributed by atoms with Gasteiger partial charge in [-0.1, -0.05) is 26.2 Å². The van der Waals surface area contributed by atoms with E-state index in [-0.39, 0.29) is 36.2 Å². The number of likely N-dealkylation sites (N-methyl/N-ethyl adjacent to an activating group) is 1. The minimum absolute atomic E-state index is 0.0297. The van der Waals surface area contributed by atoms with Crippen LogP contribution in [-0.2, 0) is 19.2 Å². The van der Waals surface area contributed by atoms with Crippen molar-refractivity contribution < 1.29 is 19.2 Å². The molecule has 0 aromatic heterocycles. The third-order valence-electron chi connectivity index (χ3n) is 6.11. The monoisotopic (exact) mass is 409 g/mol. The van der Waals surface area contributed by atoms with E-state index in [9.17, 15) is 19.2 Å². The second-order valence-corrected chi connectivity index (χ2v) is 8.16. The summed E-state index contributed by atoms with van der Waals surface area (Å²) >= 11 is 0. The molecule has 1 saturated carbocycles. The van der Waals surface area contributed by atoms with Crippen LogP contribution in [-0.4, -0.2) is 66.3 Å². The zero-order valence-electron chi connectivity index (χ0n) is 17.7. The van der Waals surface area contributed by atoms with Gasteiger partial charge in [-0.2, -0.15) is 0 Å². The number of rotatable bonds is 8. The quantitative estimate of drug-likeness (QED) is 0.434. The first-order valence-electron chi connectivity index (χ1n) is 10.6. The lowest BCUT2D eigenvalue weighted by Crippen LogP contribution is -2.58. The summed E-state index contributed by atoms with van der Waals surface area (Å²) in [5, 5.41) is 8.64. The molecule has 5 N–H and O–H groups in total. The molecule has 1 heterocycles. The number of nitrogens with zero attached hydrogens (tertiary/aromatic N) is 1. The van der Waals surface area contributed by atoms with E-state index in [4.69, 9.17) is 5.73 Å². The average molecular weight is 410 g/mol. The largest absolute Gasteiger partial charge is 0.368 e. The van der Waals surface area contributed by atoms with E-state index in [0.717, 1.165) is 32.1 Å². The normalized spacial score (nSPS) is 24.6. The van der Waals surface area contributed by atoms with Crippen LogP contribution in [0.3, 0.4) is 0 Å². The van der Waals surface area contributed by atoms with Crippen molar-refractivity contribution in [2.24, 2.45) is 11.7 Å². The summed E-state index contributed by atoms with van der Waals surface area (Å²) < 4.78 is 0. The Labute approximate surface area is 172 Å². The standard InChI is InChI=1S/C20H35N5O4/c1-4-16(26)23-14-10-15(18(21)27)25(11-14)20(29)17(13-8-6-5-7-9-13)24-19(28)12(2)22-3/h12-15,17,22H,4-11H2,1-3H3,(H2,21,27)(H,23,26)(H,24,28). The Balaban J connectivity index is 2.21. The van der Waals surface area contributed by atoms with Crippen LogP contribution in [0.15, 0.2) is 0 Å². The number of carbonyl (C=O) groups is 4. The molecule has 1 saturated heterocycles. The number of nitrogens with one attached hydrogen (secondary N) is 3. The summed E-state index contributed by atoms with van der Waals surface area (Å²) in [6.45, 7) is 3.70.